The summed E-state index contributed by atoms with van der Waals surface area (Å²) < 4.78 is 0. The van der Waals surface area contributed by atoms with E-state index in [1.165, 1.54) is 5.56 Å². The number of hydrogen-bond donors (Lipinski definition) is 1. The molecule has 1 N–H and O–H groups in total. The van der Waals surface area contributed by atoms with Gasteiger partial charge < -0.3 is 10.2 Å². The third-order valence-corrected chi connectivity index (χ3v) is 6.22. The Balaban J connectivity index is 1.90. The Kier molecular flexibility index (Phi) is 9.45. The molecule has 3 aromatic rings. The van der Waals surface area contributed by atoms with E-state index in [4.69, 9.17) is 0 Å². The van der Waals surface area contributed by atoms with Gasteiger partial charge in [0.1, 0.15) is 6.04 Å². The lowest BCUT2D eigenvalue weighted by molar-refractivity contribution is -0.141. The molecule has 178 valence electrons. The first-order valence-electron chi connectivity index (χ1n) is 12.2. The first-order chi connectivity index (χ1) is 16.5. The van der Waals surface area contributed by atoms with Crippen molar-refractivity contribution >= 4 is 11.8 Å². The summed E-state index contributed by atoms with van der Waals surface area (Å²) in [6, 6.07) is 27.6. The van der Waals surface area contributed by atoms with Gasteiger partial charge in [0.05, 0.1) is 0 Å². The van der Waals surface area contributed by atoms with Crippen LogP contribution < -0.4 is 5.32 Å². The van der Waals surface area contributed by atoms with E-state index in [1.807, 2.05) is 106 Å². The van der Waals surface area contributed by atoms with E-state index in [2.05, 4.69) is 5.32 Å². The first kappa shape index (κ1) is 25.2. The molecule has 0 fully saturated rings. The van der Waals surface area contributed by atoms with Gasteiger partial charge in [0.25, 0.3) is 0 Å². The van der Waals surface area contributed by atoms with E-state index < -0.39 is 6.04 Å². The van der Waals surface area contributed by atoms with Crippen LogP contribution in [0.3, 0.4) is 0 Å². The number of amides is 2. The van der Waals surface area contributed by atoms with Crippen LogP contribution in [0, 0.1) is 6.92 Å². The van der Waals surface area contributed by atoms with Crippen LogP contribution in [0.25, 0.3) is 0 Å². The van der Waals surface area contributed by atoms with Crippen molar-refractivity contribution in [2.24, 2.45) is 0 Å². The van der Waals surface area contributed by atoms with Crippen LogP contribution >= 0.6 is 0 Å². The molecule has 0 aliphatic rings. The van der Waals surface area contributed by atoms with E-state index in [9.17, 15) is 9.59 Å². The summed E-state index contributed by atoms with van der Waals surface area (Å²) in [5.74, 6) is -0.108. The summed E-state index contributed by atoms with van der Waals surface area (Å²) in [4.78, 5) is 28.9. The Morgan fingerprint density at radius 3 is 2.00 bits per heavy atom. The summed E-state index contributed by atoms with van der Waals surface area (Å²) in [7, 11) is 0. The minimum absolute atomic E-state index is 0.00957. The van der Waals surface area contributed by atoms with Gasteiger partial charge in [0.15, 0.2) is 0 Å². The number of rotatable bonds is 11. The Morgan fingerprint density at radius 1 is 0.824 bits per heavy atom. The normalized spacial score (nSPS) is 12.6. The molecule has 3 aromatic carbocycles. The summed E-state index contributed by atoms with van der Waals surface area (Å²) in [6.07, 6.45) is 2.32. The van der Waals surface area contributed by atoms with Gasteiger partial charge in [-0.1, -0.05) is 97.4 Å². The van der Waals surface area contributed by atoms with Crippen molar-refractivity contribution in [3.05, 3.63) is 107 Å². The number of nitrogens with zero attached hydrogens (tertiary/aromatic N) is 1. The zero-order valence-corrected chi connectivity index (χ0v) is 20.5. The average Bonchev–Trinajstić information content (AvgIpc) is 2.87. The highest BCUT2D eigenvalue weighted by Gasteiger charge is 2.30. The van der Waals surface area contributed by atoms with E-state index in [0.717, 1.165) is 23.1 Å². The fourth-order valence-electron chi connectivity index (χ4n) is 3.92. The van der Waals surface area contributed by atoms with Gasteiger partial charge in [-0.3, -0.25) is 9.59 Å². The predicted octanol–water partition coefficient (Wildman–Crippen LogP) is 5.48. The lowest BCUT2D eigenvalue weighted by Crippen LogP contribution is -2.52. The minimum Gasteiger partial charge on any atom is -0.352 e. The molecular formula is C30H36N2O2. The highest BCUT2D eigenvalue weighted by Crippen LogP contribution is 2.18. The standard InChI is InChI=1S/C30H36N2O2/c1-4-24(3)31-30(34)28(21-26-13-9-6-10-14-26)32(22-27-17-15-23(2)16-18-27)29(33)20-19-25-11-7-5-8-12-25/h5-18,24,28H,4,19-22H2,1-3H3,(H,31,34)/t24-,28+/m1/s1. The largest absolute Gasteiger partial charge is 0.352 e. The maximum Gasteiger partial charge on any atom is 0.243 e. The molecule has 34 heavy (non-hydrogen) atoms. The molecule has 0 aliphatic carbocycles. The van der Waals surface area contributed by atoms with Crippen LogP contribution in [0.15, 0.2) is 84.9 Å². The van der Waals surface area contributed by atoms with Crippen molar-refractivity contribution in [3.8, 4) is 0 Å². The molecule has 0 saturated heterocycles. The first-order valence-corrected chi connectivity index (χ1v) is 12.2. The molecule has 0 unspecified atom stereocenters. The van der Waals surface area contributed by atoms with Crippen molar-refractivity contribution < 1.29 is 9.59 Å². The molecule has 2 atom stereocenters. The van der Waals surface area contributed by atoms with Crippen molar-refractivity contribution in [1.82, 2.24) is 10.2 Å². The van der Waals surface area contributed by atoms with Crippen LogP contribution in [-0.2, 0) is 29.0 Å². The lowest BCUT2D eigenvalue weighted by Gasteiger charge is -2.32. The lowest BCUT2D eigenvalue weighted by atomic mass is 10.0. The Morgan fingerprint density at radius 2 is 1.41 bits per heavy atom. The minimum atomic E-state index is -0.582. The zero-order valence-electron chi connectivity index (χ0n) is 20.5. The second kappa shape index (κ2) is 12.7. The average molecular weight is 457 g/mol. The quantitative estimate of drug-likeness (QED) is 0.415. The molecule has 3 rings (SSSR count). The van der Waals surface area contributed by atoms with Gasteiger partial charge in [-0.15, -0.1) is 0 Å². The number of aryl methyl sites for hydroxylation is 2. The molecule has 0 bridgehead atoms. The predicted molar refractivity (Wildman–Crippen MR) is 138 cm³/mol. The van der Waals surface area contributed by atoms with Crippen molar-refractivity contribution in [2.75, 3.05) is 0 Å². The van der Waals surface area contributed by atoms with Crippen LogP contribution in [0.5, 0.6) is 0 Å². The molecule has 0 spiro atoms. The maximum absolute atomic E-state index is 13.6. The van der Waals surface area contributed by atoms with Crippen molar-refractivity contribution in [1.29, 1.82) is 0 Å². The van der Waals surface area contributed by atoms with Crippen molar-refractivity contribution in [3.63, 3.8) is 0 Å². The van der Waals surface area contributed by atoms with E-state index in [-0.39, 0.29) is 17.9 Å². The van der Waals surface area contributed by atoms with Crippen LogP contribution in [0.1, 0.15) is 48.9 Å². The number of benzene rings is 3. The summed E-state index contributed by atoms with van der Waals surface area (Å²) in [5, 5.41) is 3.12. The Bertz CT molecular complexity index is 1030. The summed E-state index contributed by atoms with van der Waals surface area (Å²) in [5.41, 5.74) is 4.35. The van der Waals surface area contributed by atoms with Gasteiger partial charge in [0.2, 0.25) is 11.8 Å². The molecule has 2 amide bonds. The SMILES string of the molecule is CC[C@@H](C)NC(=O)[C@H](Cc1ccccc1)N(Cc1ccc(C)cc1)C(=O)CCc1ccccc1. The number of nitrogens with one attached hydrogen (secondary N) is 1. The van der Waals surface area contributed by atoms with Gasteiger partial charge >= 0.3 is 0 Å². The number of carbonyl (C=O) groups excluding carboxylic acids is 2. The fourth-order valence-corrected chi connectivity index (χ4v) is 3.92. The van der Waals surface area contributed by atoms with E-state index in [0.29, 0.717) is 25.8 Å². The van der Waals surface area contributed by atoms with Gasteiger partial charge in [0, 0.05) is 25.4 Å². The third kappa shape index (κ3) is 7.58. The second-order valence-electron chi connectivity index (χ2n) is 9.02. The highest BCUT2D eigenvalue weighted by atomic mass is 16.2. The van der Waals surface area contributed by atoms with Crippen molar-refractivity contribution in [2.45, 2.75) is 65.1 Å². The van der Waals surface area contributed by atoms with Crippen LogP contribution in [0.2, 0.25) is 0 Å². The summed E-state index contributed by atoms with van der Waals surface area (Å²) >= 11 is 0. The van der Waals surface area contributed by atoms with E-state index in [1.54, 1.807) is 4.90 Å². The topological polar surface area (TPSA) is 49.4 Å². The summed E-state index contributed by atoms with van der Waals surface area (Å²) in [6.45, 7) is 6.49. The zero-order chi connectivity index (χ0) is 24.3. The van der Waals surface area contributed by atoms with E-state index >= 15 is 0 Å². The molecule has 0 aromatic heterocycles. The Labute approximate surface area is 204 Å². The molecule has 0 heterocycles. The van der Waals surface area contributed by atoms with Crippen LogP contribution in [-0.4, -0.2) is 28.8 Å². The Hall–Kier alpha value is -3.40. The maximum atomic E-state index is 13.6. The van der Waals surface area contributed by atoms with Gasteiger partial charge in [-0.05, 0) is 43.4 Å². The number of hydrogen-bond acceptors (Lipinski definition) is 2. The molecule has 4 nitrogen and oxygen atoms in total. The van der Waals surface area contributed by atoms with Gasteiger partial charge in [-0.25, -0.2) is 0 Å². The molecule has 0 saturated carbocycles. The second-order valence-corrected chi connectivity index (χ2v) is 9.02. The van der Waals surface area contributed by atoms with Gasteiger partial charge in [-0.2, -0.15) is 0 Å². The molecule has 0 radical (unpaired) electrons. The smallest absolute Gasteiger partial charge is 0.243 e. The molecule has 0 aliphatic heterocycles. The third-order valence-electron chi connectivity index (χ3n) is 6.22. The number of carbonyl (C=O) groups is 2. The molecule has 4 heteroatoms. The monoisotopic (exact) mass is 456 g/mol. The molecular weight excluding hydrogens is 420 g/mol. The highest BCUT2D eigenvalue weighted by molar-refractivity contribution is 5.88. The fraction of sp³-hybridized carbons (Fsp3) is 0.333. The van der Waals surface area contributed by atoms with Crippen LogP contribution in [0.4, 0.5) is 0 Å².